The molecule has 172 valence electrons. The maximum absolute atomic E-state index is 13.3. The van der Waals surface area contributed by atoms with Gasteiger partial charge in [-0.25, -0.2) is 4.39 Å². The summed E-state index contributed by atoms with van der Waals surface area (Å²) in [6, 6.07) is 13.2. The first-order chi connectivity index (χ1) is 15.4. The van der Waals surface area contributed by atoms with Gasteiger partial charge in [0.1, 0.15) is 11.9 Å². The second kappa shape index (κ2) is 12.3. The monoisotopic (exact) mass is 476 g/mol. The zero-order valence-corrected chi connectivity index (χ0v) is 19.9. The summed E-state index contributed by atoms with van der Waals surface area (Å²) in [6.07, 6.45) is 5.42. The SMILES string of the molecule is C[C@H](C(=O)NC1CCCCC1)N(Cc1ccc(F)cc1)C(=O)CSCc1ccccc1Cl. The molecule has 0 spiro atoms. The first kappa shape index (κ1) is 24.6. The average Bonchev–Trinajstić information content (AvgIpc) is 2.80. The standard InChI is InChI=1S/C25H30ClFN2O2S/c1-18(25(31)28-22-8-3-2-4-9-22)29(15-19-11-13-21(27)14-12-19)24(30)17-32-16-20-7-5-6-10-23(20)26/h5-7,10-14,18,22H,2-4,8-9,15-17H2,1H3,(H,28,31)/t18-/m1/s1. The molecule has 1 saturated carbocycles. The Kier molecular flexibility index (Phi) is 9.42. The number of halogens is 2. The van der Waals surface area contributed by atoms with Crippen LogP contribution in [-0.2, 0) is 21.9 Å². The maximum Gasteiger partial charge on any atom is 0.242 e. The summed E-state index contributed by atoms with van der Waals surface area (Å²) in [6.45, 7) is 2.02. The molecule has 32 heavy (non-hydrogen) atoms. The van der Waals surface area contributed by atoms with Crippen molar-refractivity contribution in [2.75, 3.05) is 5.75 Å². The minimum atomic E-state index is -0.615. The number of carbonyl (C=O) groups excluding carboxylic acids is 2. The quantitative estimate of drug-likeness (QED) is 0.514. The number of thioether (sulfide) groups is 1. The molecule has 1 N–H and O–H groups in total. The van der Waals surface area contributed by atoms with Crippen molar-refractivity contribution in [3.8, 4) is 0 Å². The van der Waals surface area contributed by atoms with Crippen molar-refractivity contribution in [1.29, 1.82) is 0 Å². The molecule has 2 aromatic carbocycles. The molecular formula is C25H30ClFN2O2S. The van der Waals surface area contributed by atoms with Crippen LogP contribution in [0.1, 0.15) is 50.2 Å². The first-order valence-electron chi connectivity index (χ1n) is 11.1. The van der Waals surface area contributed by atoms with Crippen molar-refractivity contribution in [3.05, 3.63) is 70.5 Å². The molecule has 2 aromatic rings. The van der Waals surface area contributed by atoms with Crippen LogP contribution in [0, 0.1) is 5.82 Å². The first-order valence-corrected chi connectivity index (χ1v) is 12.6. The highest BCUT2D eigenvalue weighted by atomic mass is 35.5. The molecule has 0 heterocycles. The fourth-order valence-electron chi connectivity index (χ4n) is 3.88. The van der Waals surface area contributed by atoms with Crippen molar-refractivity contribution in [2.45, 2.75) is 63.4 Å². The summed E-state index contributed by atoms with van der Waals surface area (Å²) in [4.78, 5) is 27.7. The van der Waals surface area contributed by atoms with E-state index < -0.39 is 6.04 Å². The Morgan fingerprint density at radius 1 is 1.12 bits per heavy atom. The van der Waals surface area contributed by atoms with Crippen LogP contribution in [0.15, 0.2) is 48.5 Å². The van der Waals surface area contributed by atoms with Gasteiger partial charge in [-0.3, -0.25) is 9.59 Å². The highest BCUT2D eigenvalue weighted by Gasteiger charge is 2.28. The fourth-order valence-corrected chi connectivity index (χ4v) is 5.08. The number of nitrogens with zero attached hydrogens (tertiary/aromatic N) is 1. The lowest BCUT2D eigenvalue weighted by Crippen LogP contribution is -2.50. The summed E-state index contributed by atoms with van der Waals surface area (Å²) in [5, 5.41) is 3.80. The van der Waals surface area contributed by atoms with Crippen molar-refractivity contribution in [1.82, 2.24) is 10.2 Å². The number of carbonyl (C=O) groups is 2. The van der Waals surface area contributed by atoms with Crippen LogP contribution >= 0.6 is 23.4 Å². The number of benzene rings is 2. The number of amides is 2. The van der Waals surface area contributed by atoms with Crippen molar-refractivity contribution in [2.24, 2.45) is 0 Å². The van der Waals surface area contributed by atoms with E-state index in [1.54, 1.807) is 24.0 Å². The van der Waals surface area contributed by atoms with Crippen LogP contribution in [0.3, 0.4) is 0 Å². The molecule has 1 aliphatic carbocycles. The number of hydrogen-bond donors (Lipinski definition) is 1. The van der Waals surface area contributed by atoms with E-state index >= 15 is 0 Å². The zero-order valence-electron chi connectivity index (χ0n) is 18.4. The smallest absolute Gasteiger partial charge is 0.242 e. The lowest BCUT2D eigenvalue weighted by atomic mass is 9.95. The molecule has 3 rings (SSSR count). The van der Waals surface area contributed by atoms with E-state index in [1.807, 2.05) is 24.3 Å². The van der Waals surface area contributed by atoms with E-state index in [0.29, 0.717) is 10.8 Å². The molecule has 0 radical (unpaired) electrons. The minimum Gasteiger partial charge on any atom is -0.352 e. The lowest BCUT2D eigenvalue weighted by molar-refractivity contribution is -0.139. The fraction of sp³-hybridized carbons (Fsp3) is 0.440. The maximum atomic E-state index is 13.3. The molecule has 1 aliphatic rings. The van der Waals surface area contributed by atoms with E-state index in [2.05, 4.69) is 5.32 Å². The molecule has 0 unspecified atom stereocenters. The van der Waals surface area contributed by atoms with Crippen molar-refractivity contribution >= 4 is 35.2 Å². The Morgan fingerprint density at radius 2 is 1.81 bits per heavy atom. The van der Waals surface area contributed by atoms with E-state index in [1.165, 1.54) is 30.3 Å². The van der Waals surface area contributed by atoms with Gasteiger partial charge in [0.2, 0.25) is 11.8 Å². The Labute approximate surface area is 198 Å². The van der Waals surface area contributed by atoms with Crippen LogP contribution in [0.25, 0.3) is 0 Å². The number of hydrogen-bond acceptors (Lipinski definition) is 3. The largest absolute Gasteiger partial charge is 0.352 e. The zero-order chi connectivity index (χ0) is 22.9. The molecule has 1 atom stereocenters. The molecule has 0 saturated heterocycles. The average molecular weight is 477 g/mol. The van der Waals surface area contributed by atoms with Crippen molar-refractivity contribution < 1.29 is 14.0 Å². The summed E-state index contributed by atoms with van der Waals surface area (Å²) >= 11 is 7.68. The van der Waals surface area contributed by atoms with Gasteiger partial charge in [0.05, 0.1) is 5.75 Å². The normalized spacial score (nSPS) is 15.2. The molecule has 0 bridgehead atoms. The summed E-state index contributed by atoms with van der Waals surface area (Å²) < 4.78 is 13.3. The van der Waals surface area contributed by atoms with Gasteiger partial charge in [-0.15, -0.1) is 11.8 Å². The second-order valence-corrected chi connectivity index (χ2v) is 9.64. The van der Waals surface area contributed by atoms with E-state index in [-0.39, 0.29) is 36.0 Å². The van der Waals surface area contributed by atoms with Gasteiger partial charge in [0.15, 0.2) is 0 Å². The Morgan fingerprint density at radius 3 is 2.50 bits per heavy atom. The predicted octanol–water partition coefficient (Wildman–Crippen LogP) is 5.58. The number of rotatable bonds is 9. The van der Waals surface area contributed by atoms with Crippen LogP contribution in [0.4, 0.5) is 4.39 Å². The third-order valence-electron chi connectivity index (χ3n) is 5.83. The van der Waals surface area contributed by atoms with Gasteiger partial charge in [-0.05, 0) is 49.1 Å². The summed E-state index contributed by atoms with van der Waals surface area (Å²) in [5.41, 5.74) is 1.76. The summed E-state index contributed by atoms with van der Waals surface area (Å²) in [7, 11) is 0. The van der Waals surface area contributed by atoms with E-state index in [9.17, 15) is 14.0 Å². The molecular weight excluding hydrogens is 447 g/mol. The Hall–Kier alpha value is -2.05. The van der Waals surface area contributed by atoms with Gasteiger partial charge in [0.25, 0.3) is 0 Å². The van der Waals surface area contributed by atoms with Gasteiger partial charge in [0, 0.05) is 23.4 Å². The van der Waals surface area contributed by atoms with E-state index in [0.717, 1.165) is 36.8 Å². The summed E-state index contributed by atoms with van der Waals surface area (Å²) in [5.74, 6) is 0.248. The molecule has 1 fully saturated rings. The molecule has 7 heteroatoms. The van der Waals surface area contributed by atoms with Crippen LogP contribution in [0.5, 0.6) is 0 Å². The second-order valence-electron chi connectivity index (χ2n) is 8.25. The van der Waals surface area contributed by atoms with Gasteiger partial charge in [-0.2, -0.15) is 0 Å². The van der Waals surface area contributed by atoms with Crippen LogP contribution in [0.2, 0.25) is 5.02 Å². The topological polar surface area (TPSA) is 49.4 Å². The third kappa shape index (κ3) is 7.24. The third-order valence-corrected chi connectivity index (χ3v) is 7.16. The van der Waals surface area contributed by atoms with Gasteiger partial charge >= 0.3 is 0 Å². The highest BCUT2D eigenvalue weighted by molar-refractivity contribution is 7.99. The predicted molar refractivity (Wildman–Crippen MR) is 129 cm³/mol. The molecule has 4 nitrogen and oxygen atoms in total. The molecule has 2 amide bonds. The van der Waals surface area contributed by atoms with Crippen molar-refractivity contribution in [3.63, 3.8) is 0 Å². The molecule has 0 aliphatic heterocycles. The Bertz CT molecular complexity index is 903. The van der Waals surface area contributed by atoms with Gasteiger partial charge in [-0.1, -0.05) is 61.2 Å². The van der Waals surface area contributed by atoms with Crippen LogP contribution < -0.4 is 5.32 Å². The highest BCUT2D eigenvalue weighted by Crippen LogP contribution is 2.22. The Balaban J connectivity index is 1.65. The van der Waals surface area contributed by atoms with Crippen LogP contribution in [-0.4, -0.2) is 34.6 Å². The van der Waals surface area contributed by atoms with Gasteiger partial charge < -0.3 is 10.2 Å². The molecule has 0 aromatic heterocycles. The lowest BCUT2D eigenvalue weighted by Gasteiger charge is -2.31. The number of nitrogens with one attached hydrogen (secondary N) is 1. The minimum absolute atomic E-state index is 0.127. The van der Waals surface area contributed by atoms with E-state index in [4.69, 9.17) is 11.6 Å².